The van der Waals surface area contributed by atoms with E-state index in [0.717, 1.165) is 0 Å². The molecule has 1 aromatic heterocycles. The second-order valence-electron chi connectivity index (χ2n) is 4.54. The van der Waals surface area contributed by atoms with Crippen LogP contribution in [0.2, 0.25) is 0 Å². The van der Waals surface area contributed by atoms with E-state index in [2.05, 4.69) is 43.8 Å². The van der Waals surface area contributed by atoms with Crippen LogP contribution in [0.25, 0.3) is 0 Å². The summed E-state index contributed by atoms with van der Waals surface area (Å²) in [5.74, 6) is 0. The summed E-state index contributed by atoms with van der Waals surface area (Å²) < 4.78 is 2.33. The van der Waals surface area contributed by atoms with Gasteiger partial charge in [0.2, 0.25) is 0 Å². The quantitative estimate of drug-likeness (QED) is 0.495. The largest absolute Gasteiger partial charge is 0.205 e. The summed E-state index contributed by atoms with van der Waals surface area (Å²) in [6.45, 7) is 7.77. The topological polar surface area (TPSA) is 3.88 Å². The van der Waals surface area contributed by atoms with Crippen molar-refractivity contribution in [2.75, 3.05) is 0 Å². The minimum Gasteiger partial charge on any atom is -0.205 e. The van der Waals surface area contributed by atoms with Gasteiger partial charge in [-0.05, 0) is 26.3 Å². The number of aromatic nitrogens is 1. The van der Waals surface area contributed by atoms with Crippen LogP contribution in [0.4, 0.5) is 0 Å². The minimum absolute atomic E-state index is 1.17. The lowest BCUT2D eigenvalue weighted by atomic mass is 10.1. The molecule has 0 amide bonds. The molecule has 84 valence electrons. The summed E-state index contributed by atoms with van der Waals surface area (Å²) in [5.41, 5.74) is 2.73. The zero-order chi connectivity index (χ0) is 11.1. The fourth-order valence-corrected chi connectivity index (χ4v) is 2.02. The number of aryl methyl sites for hydroxylation is 3. The van der Waals surface area contributed by atoms with Crippen molar-refractivity contribution in [1.82, 2.24) is 0 Å². The van der Waals surface area contributed by atoms with Gasteiger partial charge in [0.05, 0.1) is 0 Å². The van der Waals surface area contributed by atoms with Gasteiger partial charge in [-0.2, -0.15) is 0 Å². The Hall–Kier alpha value is -0.850. The van der Waals surface area contributed by atoms with Crippen molar-refractivity contribution in [3.05, 3.63) is 29.6 Å². The van der Waals surface area contributed by atoms with Gasteiger partial charge in [0.25, 0.3) is 0 Å². The molecule has 0 saturated carbocycles. The van der Waals surface area contributed by atoms with Gasteiger partial charge in [0.1, 0.15) is 6.54 Å². The van der Waals surface area contributed by atoms with Gasteiger partial charge in [0.15, 0.2) is 12.4 Å². The smallest absolute Gasteiger partial charge is 0.171 e. The molecule has 0 aliphatic rings. The maximum atomic E-state index is 2.33. The predicted molar refractivity (Wildman–Crippen MR) is 64.9 cm³/mol. The zero-order valence-electron chi connectivity index (χ0n) is 10.4. The maximum absolute atomic E-state index is 2.33. The van der Waals surface area contributed by atoms with Crippen molar-refractivity contribution < 1.29 is 4.57 Å². The SMILES string of the molecule is CCCCCCC[n+]1cc(C)cc(C)c1. The minimum atomic E-state index is 1.17. The molecule has 1 nitrogen and oxygen atoms in total. The van der Waals surface area contributed by atoms with Gasteiger partial charge in [-0.3, -0.25) is 0 Å². The number of unbranched alkanes of at least 4 members (excludes halogenated alkanes) is 4. The standard InChI is InChI=1S/C14H24N/c1-4-5-6-7-8-9-15-11-13(2)10-14(3)12-15/h10-12H,4-9H2,1-3H3/q+1. The number of hydrogen-bond donors (Lipinski definition) is 0. The molecular weight excluding hydrogens is 182 g/mol. The molecule has 0 atom stereocenters. The molecule has 15 heavy (non-hydrogen) atoms. The molecule has 1 aromatic rings. The Bertz CT molecular complexity index is 271. The van der Waals surface area contributed by atoms with Crippen LogP contribution in [0.1, 0.15) is 50.2 Å². The highest BCUT2D eigenvalue weighted by Crippen LogP contribution is 2.03. The normalized spacial score (nSPS) is 10.6. The van der Waals surface area contributed by atoms with E-state index in [9.17, 15) is 0 Å². The average molecular weight is 206 g/mol. The first-order valence-corrected chi connectivity index (χ1v) is 6.19. The molecule has 0 saturated heterocycles. The molecule has 0 N–H and O–H groups in total. The summed E-state index contributed by atoms with van der Waals surface area (Å²) in [5, 5.41) is 0. The molecule has 0 spiro atoms. The summed E-state index contributed by atoms with van der Waals surface area (Å²) in [6, 6.07) is 2.23. The van der Waals surface area contributed by atoms with Crippen LogP contribution in [-0.2, 0) is 6.54 Å². The Kier molecular flexibility index (Phi) is 5.38. The van der Waals surface area contributed by atoms with Crippen LogP contribution in [0.15, 0.2) is 18.5 Å². The van der Waals surface area contributed by atoms with E-state index < -0.39 is 0 Å². The lowest BCUT2D eigenvalue weighted by Crippen LogP contribution is -2.33. The highest BCUT2D eigenvalue weighted by atomic mass is 14.9. The van der Waals surface area contributed by atoms with Crippen LogP contribution >= 0.6 is 0 Å². The lowest BCUT2D eigenvalue weighted by Gasteiger charge is -2.00. The first kappa shape index (κ1) is 12.2. The van der Waals surface area contributed by atoms with Gasteiger partial charge in [0, 0.05) is 17.5 Å². The van der Waals surface area contributed by atoms with E-state index in [1.54, 1.807) is 0 Å². The molecule has 0 aromatic carbocycles. The van der Waals surface area contributed by atoms with E-state index in [-0.39, 0.29) is 0 Å². The maximum Gasteiger partial charge on any atom is 0.171 e. The van der Waals surface area contributed by atoms with Crippen molar-refractivity contribution in [1.29, 1.82) is 0 Å². The Labute approximate surface area is 94.1 Å². The van der Waals surface area contributed by atoms with Crippen molar-refractivity contribution >= 4 is 0 Å². The molecule has 0 bridgehead atoms. The lowest BCUT2D eigenvalue weighted by molar-refractivity contribution is -0.698. The van der Waals surface area contributed by atoms with Gasteiger partial charge < -0.3 is 0 Å². The molecule has 0 radical (unpaired) electrons. The molecule has 0 unspecified atom stereocenters. The third-order valence-electron chi connectivity index (χ3n) is 2.71. The van der Waals surface area contributed by atoms with Crippen LogP contribution < -0.4 is 4.57 Å². The predicted octanol–water partition coefficient (Wildman–Crippen LogP) is 3.56. The van der Waals surface area contributed by atoms with E-state index in [1.807, 2.05) is 0 Å². The number of rotatable bonds is 6. The first-order valence-electron chi connectivity index (χ1n) is 6.19. The van der Waals surface area contributed by atoms with Crippen molar-refractivity contribution in [2.24, 2.45) is 0 Å². The molecule has 0 aliphatic carbocycles. The zero-order valence-corrected chi connectivity index (χ0v) is 10.4. The Morgan fingerprint density at radius 3 is 2.13 bits per heavy atom. The summed E-state index contributed by atoms with van der Waals surface area (Å²) in [4.78, 5) is 0. The Balaban J connectivity index is 2.31. The van der Waals surface area contributed by atoms with Crippen LogP contribution in [0, 0.1) is 13.8 Å². The van der Waals surface area contributed by atoms with Gasteiger partial charge >= 0.3 is 0 Å². The van der Waals surface area contributed by atoms with Crippen LogP contribution in [0.5, 0.6) is 0 Å². The molecule has 0 fully saturated rings. The monoisotopic (exact) mass is 206 g/mol. The molecular formula is C14H24N+. The summed E-state index contributed by atoms with van der Waals surface area (Å²) in [7, 11) is 0. The molecule has 0 aliphatic heterocycles. The molecule has 1 rings (SSSR count). The van der Waals surface area contributed by atoms with E-state index in [1.165, 1.54) is 49.8 Å². The highest BCUT2D eigenvalue weighted by Gasteiger charge is 2.02. The van der Waals surface area contributed by atoms with Crippen molar-refractivity contribution in [3.8, 4) is 0 Å². The van der Waals surface area contributed by atoms with Gasteiger partial charge in [-0.1, -0.05) is 26.2 Å². The van der Waals surface area contributed by atoms with Gasteiger partial charge in [-0.25, -0.2) is 4.57 Å². The number of nitrogens with zero attached hydrogens (tertiary/aromatic N) is 1. The van der Waals surface area contributed by atoms with E-state index >= 15 is 0 Å². The fourth-order valence-electron chi connectivity index (χ4n) is 2.02. The molecule has 1 heteroatoms. The number of pyridine rings is 1. The summed E-state index contributed by atoms with van der Waals surface area (Å²) >= 11 is 0. The third kappa shape index (κ3) is 4.96. The second-order valence-corrected chi connectivity index (χ2v) is 4.54. The Morgan fingerprint density at radius 1 is 0.933 bits per heavy atom. The average Bonchev–Trinajstić information content (AvgIpc) is 2.16. The van der Waals surface area contributed by atoms with E-state index in [0.29, 0.717) is 0 Å². The fraction of sp³-hybridized carbons (Fsp3) is 0.643. The third-order valence-corrected chi connectivity index (χ3v) is 2.71. The number of hydrogen-bond acceptors (Lipinski definition) is 0. The van der Waals surface area contributed by atoms with Crippen molar-refractivity contribution in [3.63, 3.8) is 0 Å². The van der Waals surface area contributed by atoms with Gasteiger partial charge in [-0.15, -0.1) is 0 Å². The second kappa shape index (κ2) is 6.60. The first-order chi connectivity index (χ1) is 7.22. The Morgan fingerprint density at radius 2 is 1.53 bits per heavy atom. The summed E-state index contributed by atoms with van der Waals surface area (Å²) in [6.07, 6.45) is 11.3. The highest BCUT2D eigenvalue weighted by molar-refractivity contribution is 5.11. The molecule has 1 heterocycles. The van der Waals surface area contributed by atoms with E-state index in [4.69, 9.17) is 0 Å². The van der Waals surface area contributed by atoms with Crippen LogP contribution in [-0.4, -0.2) is 0 Å². The van der Waals surface area contributed by atoms with Crippen LogP contribution in [0.3, 0.4) is 0 Å². The van der Waals surface area contributed by atoms with Crippen molar-refractivity contribution in [2.45, 2.75) is 59.4 Å².